The summed E-state index contributed by atoms with van der Waals surface area (Å²) in [5.41, 5.74) is -0.469. The van der Waals surface area contributed by atoms with E-state index in [0.717, 1.165) is 44.9 Å². The summed E-state index contributed by atoms with van der Waals surface area (Å²) in [6.07, 6.45) is 35.7. The molecular formula is C38H50N2O4. The molecule has 1 aromatic rings. The summed E-state index contributed by atoms with van der Waals surface area (Å²) in [4.78, 5) is 37.0. The van der Waals surface area contributed by atoms with E-state index < -0.39 is 11.5 Å². The van der Waals surface area contributed by atoms with Gasteiger partial charge < -0.3 is 15.4 Å². The molecule has 0 saturated heterocycles. The highest BCUT2D eigenvalue weighted by Crippen LogP contribution is 2.34. The minimum absolute atomic E-state index is 0.0248. The number of ketones is 1. The lowest BCUT2D eigenvalue weighted by molar-refractivity contribution is -0.132. The van der Waals surface area contributed by atoms with Gasteiger partial charge in [0.2, 0.25) is 11.7 Å². The number of allylic oxidation sites excluding steroid dienone is 12. The number of benzene rings is 1. The minimum atomic E-state index is -1.18. The zero-order valence-corrected chi connectivity index (χ0v) is 26.5. The Morgan fingerprint density at radius 1 is 0.727 bits per heavy atom. The van der Waals surface area contributed by atoms with Crippen molar-refractivity contribution in [3.05, 3.63) is 121 Å². The molecule has 0 aromatic heterocycles. The Bertz CT molecular complexity index is 1220. The fraction of sp³-hybridized carbons (Fsp3) is 0.395. The maximum absolute atomic E-state index is 12.5. The molecule has 1 atom stereocenters. The number of nitrogens with one attached hydrogen (secondary N) is 2. The number of hydrogen-bond acceptors (Lipinski definition) is 4. The number of unbranched alkanes of at least 4 members (excludes halogenated alkanes) is 1. The highest BCUT2D eigenvalue weighted by Gasteiger charge is 2.43. The fourth-order valence-electron chi connectivity index (χ4n) is 4.33. The van der Waals surface area contributed by atoms with Crippen molar-refractivity contribution >= 4 is 17.6 Å². The van der Waals surface area contributed by atoms with Crippen LogP contribution in [0.4, 0.5) is 0 Å². The largest absolute Gasteiger partial charge is 0.469 e. The molecule has 0 bridgehead atoms. The van der Waals surface area contributed by atoms with Gasteiger partial charge in [-0.05, 0) is 64.7 Å². The van der Waals surface area contributed by atoms with E-state index in [-0.39, 0.29) is 17.4 Å². The summed E-state index contributed by atoms with van der Waals surface area (Å²) in [5, 5.41) is 5.71. The van der Waals surface area contributed by atoms with Crippen LogP contribution < -0.4 is 10.6 Å². The highest BCUT2D eigenvalue weighted by molar-refractivity contribution is 6.07. The number of ether oxygens (including phenoxy) is 1. The molecule has 6 nitrogen and oxygen atoms in total. The Hall–Kier alpha value is -4.19. The first-order valence-corrected chi connectivity index (χ1v) is 15.9. The summed E-state index contributed by atoms with van der Waals surface area (Å²) in [6, 6.07) is 9.15. The molecule has 2 N–H and O–H groups in total. The van der Waals surface area contributed by atoms with Crippen molar-refractivity contribution in [3.63, 3.8) is 0 Å². The van der Waals surface area contributed by atoms with Crippen molar-refractivity contribution in [1.82, 2.24) is 10.6 Å². The van der Waals surface area contributed by atoms with Gasteiger partial charge in [-0.1, -0.05) is 110 Å². The van der Waals surface area contributed by atoms with Crippen LogP contribution in [0.3, 0.4) is 0 Å². The quantitative estimate of drug-likeness (QED) is 0.111. The van der Waals surface area contributed by atoms with Crippen LogP contribution in [-0.2, 0) is 24.7 Å². The third-order valence-electron chi connectivity index (χ3n) is 6.94. The van der Waals surface area contributed by atoms with Gasteiger partial charge >= 0.3 is 0 Å². The molecule has 0 aliphatic carbocycles. The second-order valence-corrected chi connectivity index (χ2v) is 10.6. The molecular weight excluding hydrogens is 548 g/mol. The smallest absolute Gasteiger partial charge is 0.286 e. The Kier molecular flexibility index (Phi) is 18.3. The fourth-order valence-corrected chi connectivity index (χ4v) is 4.33. The lowest BCUT2D eigenvalue weighted by Gasteiger charge is -2.23. The summed E-state index contributed by atoms with van der Waals surface area (Å²) >= 11 is 0. The first-order chi connectivity index (χ1) is 21.5. The number of rotatable bonds is 21. The van der Waals surface area contributed by atoms with E-state index in [1.54, 1.807) is 6.92 Å². The number of carbonyl (C=O) groups is 3. The predicted molar refractivity (Wildman–Crippen MR) is 181 cm³/mol. The van der Waals surface area contributed by atoms with Crippen molar-refractivity contribution in [2.75, 3.05) is 13.1 Å². The molecule has 2 rings (SSSR count). The molecule has 44 heavy (non-hydrogen) atoms. The molecule has 0 saturated carbocycles. The number of hydrogen-bond donors (Lipinski definition) is 2. The van der Waals surface area contributed by atoms with E-state index in [0.29, 0.717) is 37.9 Å². The zero-order chi connectivity index (χ0) is 31.7. The number of amides is 2. The summed E-state index contributed by atoms with van der Waals surface area (Å²) in [6.45, 7) is 4.81. The van der Waals surface area contributed by atoms with Gasteiger partial charge in [-0.25, -0.2) is 0 Å². The topological polar surface area (TPSA) is 84.5 Å². The Morgan fingerprint density at radius 3 is 1.77 bits per heavy atom. The van der Waals surface area contributed by atoms with E-state index in [9.17, 15) is 14.4 Å². The van der Waals surface area contributed by atoms with Crippen LogP contribution in [-0.4, -0.2) is 30.7 Å². The second kappa shape index (κ2) is 22.4. The maximum Gasteiger partial charge on any atom is 0.286 e. The standard InChI is InChI=1S/C38H50N2O4/c1-3-4-5-6-7-8-9-10-11-12-13-14-15-16-17-18-19-20-24-29-36(42)39-30-25-26-31-40-37(43)34-32-35(41)38(2,44-34)33-27-22-21-23-28-33/h4-5,7-8,10-11,13-14,16-17,19-23,27-28,32H,3,6,9,12,15,18,24-26,29-31H2,1-2H3,(H,39,42)(H,40,43). The molecule has 1 heterocycles. The SMILES string of the molecule is CCC=CCC=CCC=CCC=CCC=CCC=CCCC(=O)NCCCCNC(=O)C1=CC(=O)C(C)(c2ccccc2)O1. The van der Waals surface area contributed by atoms with Crippen molar-refractivity contribution < 1.29 is 19.1 Å². The molecule has 6 heteroatoms. The van der Waals surface area contributed by atoms with Crippen LogP contribution in [0.5, 0.6) is 0 Å². The van der Waals surface area contributed by atoms with Crippen LogP contribution in [0, 0.1) is 0 Å². The number of carbonyl (C=O) groups excluding carboxylic acids is 3. The third-order valence-corrected chi connectivity index (χ3v) is 6.94. The van der Waals surface area contributed by atoms with Gasteiger partial charge in [0.15, 0.2) is 11.4 Å². The molecule has 1 unspecified atom stereocenters. The van der Waals surface area contributed by atoms with Crippen molar-refractivity contribution in [1.29, 1.82) is 0 Å². The minimum Gasteiger partial charge on any atom is -0.469 e. The molecule has 2 amide bonds. The van der Waals surface area contributed by atoms with Gasteiger partial charge in [-0.15, -0.1) is 0 Å². The average Bonchev–Trinajstić information content (AvgIpc) is 3.35. The normalized spacial score (nSPS) is 17.1. The third kappa shape index (κ3) is 14.8. The molecule has 0 radical (unpaired) electrons. The maximum atomic E-state index is 12.5. The summed E-state index contributed by atoms with van der Waals surface area (Å²) < 4.78 is 5.76. The summed E-state index contributed by atoms with van der Waals surface area (Å²) in [5.74, 6) is -0.597. The van der Waals surface area contributed by atoms with Gasteiger partial charge in [0.1, 0.15) is 0 Å². The monoisotopic (exact) mass is 598 g/mol. The molecule has 1 aliphatic rings. The lowest BCUT2D eigenvalue weighted by Crippen LogP contribution is -2.32. The molecule has 1 aliphatic heterocycles. The van der Waals surface area contributed by atoms with Crippen LogP contribution in [0.15, 0.2) is 115 Å². The van der Waals surface area contributed by atoms with E-state index >= 15 is 0 Å². The Morgan fingerprint density at radius 2 is 1.23 bits per heavy atom. The highest BCUT2D eigenvalue weighted by atomic mass is 16.5. The average molecular weight is 599 g/mol. The first-order valence-electron chi connectivity index (χ1n) is 15.9. The Labute approximate surface area is 264 Å². The summed E-state index contributed by atoms with van der Waals surface area (Å²) in [7, 11) is 0. The lowest BCUT2D eigenvalue weighted by atomic mass is 9.92. The van der Waals surface area contributed by atoms with Gasteiger partial charge in [-0.3, -0.25) is 14.4 Å². The van der Waals surface area contributed by atoms with E-state index in [2.05, 4.69) is 84.4 Å². The molecule has 0 fully saturated rings. The van der Waals surface area contributed by atoms with E-state index in [1.807, 2.05) is 36.4 Å². The molecule has 236 valence electrons. The van der Waals surface area contributed by atoms with Crippen LogP contribution in [0.2, 0.25) is 0 Å². The van der Waals surface area contributed by atoms with Crippen LogP contribution in [0.25, 0.3) is 0 Å². The van der Waals surface area contributed by atoms with E-state index in [1.165, 1.54) is 6.08 Å². The van der Waals surface area contributed by atoms with Crippen LogP contribution in [0.1, 0.15) is 83.6 Å². The van der Waals surface area contributed by atoms with Crippen molar-refractivity contribution in [2.24, 2.45) is 0 Å². The second-order valence-electron chi connectivity index (χ2n) is 10.6. The van der Waals surface area contributed by atoms with Gasteiger partial charge in [0.25, 0.3) is 5.91 Å². The molecule has 1 aromatic carbocycles. The van der Waals surface area contributed by atoms with Gasteiger partial charge in [0.05, 0.1) is 0 Å². The van der Waals surface area contributed by atoms with Crippen molar-refractivity contribution in [2.45, 2.75) is 83.7 Å². The molecule has 0 spiro atoms. The van der Waals surface area contributed by atoms with Gasteiger partial charge in [0, 0.05) is 31.1 Å². The Balaban J connectivity index is 1.43. The predicted octanol–water partition coefficient (Wildman–Crippen LogP) is 7.88. The van der Waals surface area contributed by atoms with Crippen LogP contribution >= 0.6 is 0 Å². The van der Waals surface area contributed by atoms with E-state index in [4.69, 9.17) is 4.74 Å². The van der Waals surface area contributed by atoms with Crippen molar-refractivity contribution in [3.8, 4) is 0 Å². The first kappa shape index (κ1) is 36.0. The zero-order valence-electron chi connectivity index (χ0n) is 26.5. The van der Waals surface area contributed by atoms with Gasteiger partial charge in [-0.2, -0.15) is 0 Å².